The van der Waals surface area contributed by atoms with E-state index in [0.717, 1.165) is 61.5 Å². The molecular formula is C20H31N7O. The lowest BCUT2D eigenvalue weighted by Gasteiger charge is -2.33. The summed E-state index contributed by atoms with van der Waals surface area (Å²) < 4.78 is 5.62. The third-order valence-corrected chi connectivity index (χ3v) is 4.88. The summed E-state index contributed by atoms with van der Waals surface area (Å²) in [5, 5.41) is 6.55. The SMILES string of the molecule is CCNC(=NCc1ccnc(N2CCN(C)CC2)c1)NCc1nc(C)c(C)o1. The summed E-state index contributed by atoms with van der Waals surface area (Å²) in [7, 11) is 2.16. The number of guanidine groups is 1. The predicted octanol–water partition coefficient (Wildman–Crippen LogP) is 1.69. The number of nitrogens with one attached hydrogen (secondary N) is 2. The number of anilines is 1. The van der Waals surface area contributed by atoms with Gasteiger partial charge in [-0.05, 0) is 45.5 Å². The molecule has 1 saturated heterocycles. The Balaban J connectivity index is 1.61. The van der Waals surface area contributed by atoms with Crippen LogP contribution in [0.5, 0.6) is 0 Å². The number of pyridine rings is 1. The lowest BCUT2D eigenvalue weighted by molar-refractivity contribution is 0.312. The monoisotopic (exact) mass is 385 g/mol. The van der Waals surface area contributed by atoms with E-state index in [4.69, 9.17) is 9.41 Å². The van der Waals surface area contributed by atoms with Crippen LogP contribution in [0.3, 0.4) is 0 Å². The molecule has 0 aromatic carbocycles. The number of aromatic nitrogens is 2. The Hall–Kier alpha value is -2.61. The van der Waals surface area contributed by atoms with E-state index in [1.54, 1.807) is 0 Å². The summed E-state index contributed by atoms with van der Waals surface area (Å²) in [4.78, 5) is 18.3. The Labute approximate surface area is 167 Å². The maximum absolute atomic E-state index is 5.62. The van der Waals surface area contributed by atoms with E-state index in [1.807, 2.05) is 26.1 Å². The largest absolute Gasteiger partial charge is 0.444 e. The molecule has 1 aliphatic rings. The third-order valence-electron chi connectivity index (χ3n) is 4.88. The van der Waals surface area contributed by atoms with Gasteiger partial charge in [0.1, 0.15) is 11.6 Å². The van der Waals surface area contributed by atoms with Crippen LogP contribution in [0.4, 0.5) is 5.82 Å². The maximum atomic E-state index is 5.62. The van der Waals surface area contributed by atoms with E-state index in [9.17, 15) is 0 Å². The van der Waals surface area contributed by atoms with E-state index in [2.05, 4.69) is 50.4 Å². The van der Waals surface area contributed by atoms with E-state index in [-0.39, 0.29) is 0 Å². The van der Waals surface area contributed by atoms with Crippen molar-refractivity contribution in [2.45, 2.75) is 33.9 Å². The van der Waals surface area contributed by atoms with Crippen molar-refractivity contribution in [2.24, 2.45) is 4.99 Å². The van der Waals surface area contributed by atoms with Crippen molar-refractivity contribution in [1.82, 2.24) is 25.5 Å². The maximum Gasteiger partial charge on any atom is 0.214 e. The van der Waals surface area contributed by atoms with E-state index in [1.165, 1.54) is 0 Å². The van der Waals surface area contributed by atoms with Gasteiger partial charge in [0.15, 0.2) is 5.96 Å². The first-order valence-corrected chi connectivity index (χ1v) is 9.88. The summed E-state index contributed by atoms with van der Waals surface area (Å²) in [5.74, 6) is 3.30. The lowest BCUT2D eigenvalue weighted by Crippen LogP contribution is -2.44. The van der Waals surface area contributed by atoms with Crippen molar-refractivity contribution in [1.29, 1.82) is 0 Å². The fourth-order valence-corrected chi connectivity index (χ4v) is 3.05. The number of piperazine rings is 1. The molecule has 3 rings (SSSR count). The number of aliphatic imine (C=N–C) groups is 1. The van der Waals surface area contributed by atoms with Gasteiger partial charge in [0.2, 0.25) is 5.89 Å². The number of nitrogens with zero attached hydrogens (tertiary/aromatic N) is 5. The fourth-order valence-electron chi connectivity index (χ4n) is 3.05. The summed E-state index contributed by atoms with van der Waals surface area (Å²) in [6, 6.07) is 4.16. The Morgan fingerprint density at radius 2 is 2.00 bits per heavy atom. The molecule has 1 aliphatic heterocycles. The molecule has 0 unspecified atom stereocenters. The topological polar surface area (TPSA) is 81.8 Å². The molecule has 1 fully saturated rings. The molecule has 2 N–H and O–H groups in total. The Bertz CT molecular complexity index is 774. The molecule has 2 aromatic rings. The standard InChI is InChI=1S/C20H31N7O/c1-5-21-20(24-14-19-25-15(2)16(3)28-19)23-13-17-6-7-22-18(12-17)27-10-8-26(4)9-11-27/h6-7,12H,5,8-11,13-14H2,1-4H3,(H2,21,23,24). The molecule has 0 radical (unpaired) electrons. The molecule has 3 heterocycles. The van der Waals surface area contributed by atoms with Crippen molar-refractivity contribution in [3.05, 3.63) is 41.2 Å². The van der Waals surface area contributed by atoms with Gasteiger partial charge in [-0.2, -0.15) is 0 Å². The van der Waals surface area contributed by atoms with Gasteiger partial charge in [-0.3, -0.25) is 0 Å². The first-order chi connectivity index (χ1) is 13.5. The summed E-state index contributed by atoms with van der Waals surface area (Å²) in [6.45, 7) is 12.0. The highest BCUT2D eigenvalue weighted by atomic mass is 16.4. The average molecular weight is 386 g/mol. The number of likely N-dealkylation sites (N-methyl/N-ethyl adjacent to an activating group) is 1. The number of hydrogen-bond donors (Lipinski definition) is 2. The van der Waals surface area contributed by atoms with Crippen LogP contribution in [0.1, 0.15) is 29.8 Å². The predicted molar refractivity (Wildman–Crippen MR) is 112 cm³/mol. The zero-order chi connectivity index (χ0) is 19.9. The second-order valence-corrected chi connectivity index (χ2v) is 7.11. The van der Waals surface area contributed by atoms with Crippen molar-refractivity contribution in [3.63, 3.8) is 0 Å². The Morgan fingerprint density at radius 1 is 1.21 bits per heavy atom. The fraction of sp³-hybridized carbons (Fsp3) is 0.550. The van der Waals surface area contributed by atoms with E-state index in [0.29, 0.717) is 19.0 Å². The van der Waals surface area contributed by atoms with Crippen LogP contribution in [0.2, 0.25) is 0 Å². The Kier molecular flexibility index (Phi) is 6.86. The highest BCUT2D eigenvalue weighted by Gasteiger charge is 2.15. The molecule has 0 bridgehead atoms. The molecular weight excluding hydrogens is 354 g/mol. The van der Waals surface area contributed by atoms with Gasteiger partial charge in [0.05, 0.1) is 18.8 Å². The molecule has 28 heavy (non-hydrogen) atoms. The van der Waals surface area contributed by atoms with Crippen LogP contribution in [-0.2, 0) is 13.1 Å². The Morgan fingerprint density at radius 3 is 2.68 bits per heavy atom. The average Bonchev–Trinajstić information content (AvgIpc) is 3.02. The first-order valence-electron chi connectivity index (χ1n) is 9.88. The normalized spacial score (nSPS) is 15.7. The van der Waals surface area contributed by atoms with Crippen LogP contribution in [0.25, 0.3) is 0 Å². The number of hydrogen-bond acceptors (Lipinski definition) is 6. The smallest absolute Gasteiger partial charge is 0.214 e. The van der Waals surface area contributed by atoms with Crippen LogP contribution in [0.15, 0.2) is 27.7 Å². The van der Waals surface area contributed by atoms with Crippen molar-refractivity contribution >= 4 is 11.8 Å². The van der Waals surface area contributed by atoms with Gasteiger partial charge in [0, 0.05) is 38.9 Å². The highest BCUT2D eigenvalue weighted by molar-refractivity contribution is 5.79. The molecule has 2 aromatic heterocycles. The van der Waals surface area contributed by atoms with E-state index < -0.39 is 0 Å². The van der Waals surface area contributed by atoms with Crippen molar-refractivity contribution in [3.8, 4) is 0 Å². The third kappa shape index (κ3) is 5.45. The zero-order valence-corrected chi connectivity index (χ0v) is 17.3. The van der Waals surface area contributed by atoms with Crippen molar-refractivity contribution < 1.29 is 4.42 Å². The molecule has 0 amide bonds. The van der Waals surface area contributed by atoms with Crippen molar-refractivity contribution in [2.75, 3.05) is 44.7 Å². The minimum Gasteiger partial charge on any atom is -0.444 e. The minimum atomic E-state index is 0.503. The lowest BCUT2D eigenvalue weighted by atomic mass is 10.2. The molecule has 0 atom stereocenters. The van der Waals surface area contributed by atoms with Gasteiger partial charge in [0.25, 0.3) is 0 Å². The summed E-state index contributed by atoms with van der Waals surface area (Å²) in [6.07, 6.45) is 1.87. The number of oxazole rings is 1. The van der Waals surface area contributed by atoms with Crippen LogP contribution >= 0.6 is 0 Å². The van der Waals surface area contributed by atoms with Gasteiger partial charge >= 0.3 is 0 Å². The molecule has 0 aliphatic carbocycles. The zero-order valence-electron chi connectivity index (χ0n) is 17.3. The van der Waals surface area contributed by atoms with E-state index >= 15 is 0 Å². The second kappa shape index (κ2) is 9.54. The van der Waals surface area contributed by atoms with Gasteiger partial charge in [-0.15, -0.1) is 0 Å². The summed E-state index contributed by atoms with van der Waals surface area (Å²) >= 11 is 0. The quantitative estimate of drug-likeness (QED) is 0.578. The molecule has 8 nitrogen and oxygen atoms in total. The number of rotatable bonds is 6. The van der Waals surface area contributed by atoms with Crippen LogP contribution in [0, 0.1) is 13.8 Å². The van der Waals surface area contributed by atoms with Crippen LogP contribution in [-0.4, -0.2) is 60.6 Å². The first kappa shape index (κ1) is 20.1. The van der Waals surface area contributed by atoms with Crippen LogP contribution < -0.4 is 15.5 Å². The van der Waals surface area contributed by atoms with Gasteiger partial charge in [-0.25, -0.2) is 15.0 Å². The highest BCUT2D eigenvalue weighted by Crippen LogP contribution is 2.15. The molecule has 152 valence electrons. The molecule has 0 spiro atoms. The minimum absolute atomic E-state index is 0.503. The number of aryl methyl sites for hydroxylation is 2. The molecule has 0 saturated carbocycles. The van der Waals surface area contributed by atoms with Gasteiger partial charge < -0.3 is 24.9 Å². The molecule has 8 heteroatoms. The second-order valence-electron chi connectivity index (χ2n) is 7.11. The van der Waals surface area contributed by atoms with Gasteiger partial charge in [-0.1, -0.05) is 0 Å². The summed E-state index contributed by atoms with van der Waals surface area (Å²) in [5.41, 5.74) is 2.07.